The van der Waals surface area contributed by atoms with Gasteiger partial charge in [-0.2, -0.15) is 0 Å². The zero-order valence-electron chi connectivity index (χ0n) is 7.49. The molecular formula is C11H9Cl2I. The highest BCUT2D eigenvalue weighted by atomic mass is 127. The van der Waals surface area contributed by atoms with Crippen molar-refractivity contribution in [1.29, 1.82) is 0 Å². The van der Waals surface area contributed by atoms with E-state index in [-0.39, 0.29) is 0 Å². The normalized spacial score (nSPS) is 9.36. The van der Waals surface area contributed by atoms with Crippen LogP contribution < -0.4 is 0 Å². The van der Waals surface area contributed by atoms with Gasteiger partial charge in [-0.1, -0.05) is 57.6 Å². The summed E-state index contributed by atoms with van der Waals surface area (Å²) in [4.78, 5) is 0. The van der Waals surface area contributed by atoms with E-state index in [1.54, 1.807) is 18.2 Å². The topological polar surface area (TPSA) is 0 Å². The first-order valence-corrected chi connectivity index (χ1v) is 6.52. The molecule has 3 heteroatoms. The predicted octanol–water partition coefficient (Wildman–Crippen LogP) is 4.56. The summed E-state index contributed by atoms with van der Waals surface area (Å²) >= 11 is 14.1. The van der Waals surface area contributed by atoms with Gasteiger partial charge in [0.15, 0.2) is 0 Å². The monoisotopic (exact) mass is 338 g/mol. The number of hydrogen-bond donors (Lipinski definition) is 0. The van der Waals surface area contributed by atoms with Gasteiger partial charge in [0.05, 0.1) is 5.02 Å². The average molecular weight is 339 g/mol. The highest BCUT2D eigenvalue weighted by Gasteiger charge is 1.96. The number of hydrogen-bond acceptors (Lipinski definition) is 0. The van der Waals surface area contributed by atoms with E-state index >= 15 is 0 Å². The molecule has 14 heavy (non-hydrogen) atoms. The lowest BCUT2D eigenvalue weighted by Crippen LogP contribution is -1.77. The van der Waals surface area contributed by atoms with Crippen LogP contribution in [0.15, 0.2) is 18.2 Å². The molecule has 0 fully saturated rings. The Kier molecular flexibility index (Phi) is 5.69. The number of unbranched alkanes of at least 4 members (excludes halogenated alkanes) is 1. The van der Waals surface area contributed by atoms with Crippen LogP contribution in [0.3, 0.4) is 0 Å². The smallest absolute Gasteiger partial charge is 0.0563 e. The highest BCUT2D eigenvalue weighted by Crippen LogP contribution is 2.19. The van der Waals surface area contributed by atoms with Crippen molar-refractivity contribution in [3.63, 3.8) is 0 Å². The van der Waals surface area contributed by atoms with Crippen molar-refractivity contribution in [2.75, 3.05) is 4.43 Å². The summed E-state index contributed by atoms with van der Waals surface area (Å²) in [6, 6.07) is 5.33. The Morgan fingerprint density at radius 2 is 2.07 bits per heavy atom. The summed E-state index contributed by atoms with van der Waals surface area (Å²) in [7, 11) is 0. The van der Waals surface area contributed by atoms with Crippen molar-refractivity contribution in [1.82, 2.24) is 0 Å². The summed E-state index contributed by atoms with van der Waals surface area (Å²) in [6.07, 6.45) is 2.03. The third-order valence-corrected chi connectivity index (χ3v) is 2.91. The number of alkyl halides is 1. The van der Waals surface area contributed by atoms with Crippen LogP contribution in [0.5, 0.6) is 0 Å². The summed E-state index contributed by atoms with van der Waals surface area (Å²) in [5.41, 5.74) is 0.813. The molecule has 0 aliphatic heterocycles. The van der Waals surface area contributed by atoms with Gasteiger partial charge in [-0.3, -0.25) is 0 Å². The van der Waals surface area contributed by atoms with Crippen molar-refractivity contribution in [3.05, 3.63) is 33.8 Å². The van der Waals surface area contributed by atoms with Gasteiger partial charge in [-0.15, -0.1) is 0 Å². The Labute approximate surface area is 108 Å². The number of rotatable bonds is 2. The van der Waals surface area contributed by atoms with Crippen molar-refractivity contribution < 1.29 is 0 Å². The molecule has 1 aromatic carbocycles. The third-order valence-electron chi connectivity index (χ3n) is 1.59. The van der Waals surface area contributed by atoms with Gasteiger partial charge in [0.1, 0.15) is 0 Å². The molecule has 0 saturated heterocycles. The molecule has 0 spiro atoms. The molecule has 0 aliphatic rings. The molecule has 0 nitrogen and oxygen atoms in total. The maximum atomic E-state index is 5.95. The fourth-order valence-corrected chi connectivity index (χ4v) is 1.62. The van der Waals surface area contributed by atoms with Gasteiger partial charge in [0.2, 0.25) is 0 Å². The van der Waals surface area contributed by atoms with Crippen LogP contribution in [0.2, 0.25) is 10.0 Å². The van der Waals surface area contributed by atoms with Crippen LogP contribution in [-0.4, -0.2) is 4.43 Å². The average Bonchev–Trinajstić information content (AvgIpc) is 2.18. The number of benzene rings is 1. The first-order chi connectivity index (χ1) is 6.74. The molecular weight excluding hydrogens is 330 g/mol. The molecule has 1 rings (SSSR count). The summed E-state index contributed by atoms with van der Waals surface area (Å²) in [5, 5.41) is 1.34. The van der Waals surface area contributed by atoms with E-state index in [4.69, 9.17) is 23.2 Å². The third kappa shape index (κ3) is 4.08. The molecule has 0 aliphatic carbocycles. The first-order valence-electron chi connectivity index (χ1n) is 4.24. The van der Waals surface area contributed by atoms with Crippen molar-refractivity contribution in [2.24, 2.45) is 0 Å². The van der Waals surface area contributed by atoms with Crippen LogP contribution in [0, 0.1) is 11.8 Å². The van der Waals surface area contributed by atoms with Crippen LogP contribution in [0.25, 0.3) is 0 Å². The predicted molar refractivity (Wildman–Crippen MR) is 71.5 cm³/mol. The van der Waals surface area contributed by atoms with Crippen LogP contribution in [0.1, 0.15) is 18.4 Å². The van der Waals surface area contributed by atoms with Gasteiger partial charge < -0.3 is 0 Å². The number of halogens is 3. The zero-order chi connectivity index (χ0) is 10.4. The second-order valence-electron chi connectivity index (χ2n) is 2.72. The Morgan fingerprint density at radius 3 is 2.79 bits per heavy atom. The summed E-state index contributed by atoms with van der Waals surface area (Å²) in [5.74, 6) is 6.09. The highest BCUT2D eigenvalue weighted by molar-refractivity contribution is 14.1. The molecule has 1 aromatic rings. The molecule has 0 heterocycles. The summed E-state index contributed by atoms with van der Waals surface area (Å²) < 4.78 is 1.13. The zero-order valence-corrected chi connectivity index (χ0v) is 11.2. The van der Waals surface area contributed by atoms with Crippen LogP contribution in [0.4, 0.5) is 0 Å². The minimum atomic E-state index is 0.663. The maximum Gasteiger partial charge on any atom is 0.0563 e. The molecule has 0 amide bonds. The lowest BCUT2D eigenvalue weighted by molar-refractivity contribution is 1.01. The molecule has 0 atom stereocenters. The Balaban J connectivity index is 2.73. The van der Waals surface area contributed by atoms with Crippen molar-refractivity contribution in [2.45, 2.75) is 12.8 Å². The molecule has 0 unspecified atom stereocenters. The van der Waals surface area contributed by atoms with Gasteiger partial charge in [0, 0.05) is 21.4 Å². The quantitative estimate of drug-likeness (QED) is 0.321. The molecule has 0 saturated carbocycles. The second-order valence-corrected chi connectivity index (χ2v) is 4.64. The standard InChI is InChI=1S/C11H9Cl2I/c12-10-5-6-11(13)9(8-10)4-2-1-3-7-14/h5-6,8H,1,3,7H2. The van der Waals surface area contributed by atoms with E-state index in [1.807, 2.05) is 0 Å². The van der Waals surface area contributed by atoms with Crippen molar-refractivity contribution in [3.8, 4) is 11.8 Å². The second kappa shape index (κ2) is 6.55. The lowest BCUT2D eigenvalue weighted by Gasteiger charge is -1.95. The summed E-state index contributed by atoms with van der Waals surface area (Å²) in [6.45, 7) is 0. The minimum absolute atomic E-state index is 0.663. The van der Waals surface area contributed by atoms with Crippen LogP contribution in [-0.2, 0) is 0 Å². The lowest BCUT2D eigenvalue weighted by atomic mass is 10.2. The Morgan fingerprint density at radius 1 is 1.29 bits per heavy atom. The van der Waals surface area contributed by atoms with E-state index in [9.17, 15) is 0 Å². The van der Waals surface area contributed by atoms with Crippen molar-refractivity contribution >= 4 is 45.8 Å². The Bertz CT molecular complexity index is 363. The van der Waals surface area contributed by atoms with Crippen LogP contribution >= 0.6 is 45.8 Å². The van der Waals surface area contributed by atoms with E-state index in [0.29, 0.717) is 10.0 Å². The molecule has 0 radical (unpaired) electrons. The van der Waals surface area contributed by atoms with E-state index in [2.05, 4.69) is 34.4 Å². The van der Waals surface area contributed by atoms with Gasteiger partial charge >= 0.3 is 0 Å². The van der Waals surface area contributed by atoms with Gasteiger partial charge in [-0.05, 0) is 24.6 Å². The minimum Gasteiger partial charge on any atom is -0.0978 e. The van der Waals surface area contributed by atoms with E-state index in [1.165, 1.54) is 0 Å². The SMILES string of the molecule is Clc1ccc(Cl)c(C#CCCCI)c1. The van der Waals surface area contributed by atoms with E-state index < -0.39 is 0 Å². The largest absolute Gasteiger partial charge is 0.0978 e. The van der Waals surface area contributed by atoms with Gasteiger partial charge in [0.25, 0.3) is 0 Å². The fraction of sp³-hybridized carbons (Fsp3) is 0.273. The molecule has 0 aromatic heterocycles. The Hall–Kier alpha value is 0.0900. The molecule has 0 bridgehead atoms. The first kappa shape index (κ1) is 12.2. The maximum absolute atomic E-state index is 5.95. The van der Waals surface area contributed by atoms with Gasteiger partial charge in [-0.25, -0.2) is 0 Å². The van der Waals surface area contributed by atoms with E-state index in [0.717, 1.165) is 22.8 Å². The fourth-order valence-electron chi connectivity index (χ4n) is 0.906. The molecule has 0 N–H and O–H groups in total. The molecule has 74 valence electrons.